The van der Waals surface area contributed by atoms with Crippen molar-refractivity contribution in [3.63, 3.8) is 0 Å². The fraction of sp³-hybridized carbons (Fsp3) is 0.224. The van der Waals surface area contributed by atoms with E-state index in [0.717, 1.165) is 9.80 Å². The van der Waals surface area contributed by atoms with Crippen molar-refractivity contribution >= 4 is 128 Å². The molecule has 0 aliphatic carbocycles. The Labute approximate surface area is 489 Å². The Morgan fingerprint density at radius 2 is 0.863 bits per heavy atom. The van der Waals surface area contributed by atoms with Gasteiger partial charge >= 0.3 is 36.0 Å². The van der Waals surface area contributed by atoms with Gasteiger partial charge in [-0.2, -0.15) is 52.7 Å². The molecular weight excluding hydrogens is 1410 g/mol. The monoisotopic (exact) mass is 1440 g/mol. The molecule has 6 rings (SSSR count). The van der Waals surface area contributed by atoms with Gasteiger partial charge in [-0.25, -0.2) is 8.78 Å². The summed E-state index contributed by atoms with van der Waals surface area (Å²) >= 11 is 16.5. The number of nitrogen functional groups attached to an aromatic ring is 1. The van der Waals surface area contributed by atoms with E-state index in [9.17, 15) is 80.6 Å². The smallest absolute Gasteiger partial charge is 0.435 e. The van der Waals surface area contributed by atoms with Gasteiger partial charge in [-0.15, -0.1) is 12.4 Å². The Morgan fingerprint density at radius 1 is 0.537 bits per heavy atom. The van der Waals surface area contributed by atoms with Crippen molar-refractivity contribution in [2.45, 2.75) is 42.5 Å². The summed E-state index contributed by atoms with van der Waals surface area (Å²) in [5, 5.41) is -0.447. The highest BCUT2D eigenvalue weighted by Gasteiger charge is 2.74. The molecule has 2 heterocycles. The number of Topliss-reactive ketones (excluding diaryl/α,β-unsaturated/α-hetero) is 1. The number of para-hydroxylation sites is 2. The van der Waals surface area contributed by atoms with Crippen LogP contribution in [0, 0.1) is 0 Å². The largest absolute Gasteiger partial charge is 0.496 e. The van der Waals surface area contributed by atoms with Gasteiger partial charge in [-0.1, -0.05) is 18.2 Å². The lowest BCUT2D eigenvalue weighted by atomic mass is 9.94. The summed E-state index contributed by atoms with van der Waals surface area (Å²) < 4.78 is 196. The first-order valence-corrected chi connectivity index (χ1v) is 24.8. The Kier molecular flexibility index (Phi) is 23.1. The zero-order valence-corrected chi connectivity index (χ0v) is 48.4. The molecule has 0 saturated carbocycles. The number of hydrogen-bond acceptors (Lipinski definition) is 9. The molecule has 31 heteroatoms. The molecule has 2 aromatic heterocycles. The van der Waals surface area contributed by atoms with Crippen LogP contribution in [0.2, 0.25) is 0 Å². The maximum absolute atomic E-state index is 14.6. The number of halogens is 20. The SMILES string of the molecule is COc1c(CC(=O)c2ccncc2)cccc1C(=O)N(C)c1c(Br)cc(C(F)(C(F)(F)F)C(F)(F)F)cc1Br.COc1c(N)cccc1C(=O)N(C)c1c(Br)cc(C(F)(C(F)(F)F)C(F)(F)F)cc1Br.Cl.O=C(Cl)c1ccncc1. The topological polar surface area (TPSA) is 145 Å². The lowest BCUT2D eigenvalue weighted by molar-refractivity contribution is -0.349. The lowest BCUT2D eigenvalue weighted by Crippen LogP contribution is -2.50. The minimum atomic E-state index is -6.31. The number of pyridine rings is 2. The first-order chi connectivity index (χ1) is 36.4. The van der Waals surface area contributed by atoms with Crippen molar-refractivity contribution in [3.8, 4) is 11.5 Å². The zero-order chi connectivity index (χ0) is 60.0. The summed E-state index contributed by atoms with van der Waals surface area (Å²) in [5.41, 5.74) is -8.04. The molecule has 6 aromatic rings. The second kappa shape index (κ2) is 27.0. The fourth-order valence-electron chi connectivity index (χ4n) is 7.09. The number of rotatable bonds is 12. The predicted octanol–water partition coefficient (Wildman–Crippen LogP) is 15.9. The molecule has 0 unspecified atom stereocenters. The molecule has 4 aromatic carbocycles. The average molecular weight is 1450 g/mol. The van der Waals surface area contributed by atoms with Gasteiger partial charge in [0.05, 0.1) is 42.4 Å². The molecule has 0 atom stereocenters. The van der Waals surface area contributed by atoms with Crippen LogP contribution in [0.5, 0.6) is 11.5 Å². The third-order valence-electron chi connectivity index (χ3n) is 10.9. The highest BCUT2D eigenvalue weighted by atomic mass is 79.9. The number of carbonyl (C=O) groups is 4. The van der Waals surface area contributed by atoms with Crippen molar-refractivity contribution in [2.24, 2.45) is 0 Å². The molecule has 11 nitrogen and oxygen atoms in total. The van der Waals surface area contributed by atoms with E-state index in [2.05, 4.69) is 73.7 Å². The van der Waals surface area contributed by atoms with Crippen LogP contribution in [0.25, 0.3) is 0 Å². The van der Waals surface area contributed by atoms with E-state index in [0.29, 0.717) is 41.0 Å². The van der Waals surface area contributed by atoms with Gasteiger partial charge in [-0.3, -0.25) is 29.1 Å². The summed E-state index contributed by atoms with van der Waals surface area (Å²) in [6.45, 7) is 0. The summed E-state index contributed by atoms with van der Waals surface area (Å²) in [5.74, 6) is -1.75. The van der Waals surface area contributed by atoms with Crippen molar-refractivity contribution in [2.75, 3.05) is 43.8 Å². The number of ether oxygens (including phenoxy) is 2. The average Bonchev–Trinajstić information content (AvgIpc) is 3.36. The maximum Gasteiger partial charge on any atom is 0.435 e. The third kappa shape index (κ3) is 14.7. The number of nitrogens with two attached hydrogens (primary N) is 1. The molecule has 0 fully saturated rings. The second-order valence-corrected chi connectivity index (χ2v) is 19.6. The Hall–Kier alpha value is -5.62. The lowest BCUT2D eigenvalue weighted by Gasteiger charge is -2.31. The number of anilines is 3. The summed E-state index contributed by atoms with van der Waals surface area (Å²) in [6.07, 6.45) is -19.4. The molecule has 0 saturated heterocycles. The minimum absolute atomic E-state index is 0. The third-order valence-corrected chi connectivity index (χ3v) is 13.6. The number of nitrogens with zero attached hydrogens (tertiary/aromatic N) is 4. The quantitative estimate of drug-likeness (QED) is 0.0548. The van der Waals surface area contributed by atoms with E-state index < -0.39 is 82.1 Å². The molecule has 0 aliphatic heterocycles. The van der Waals surface area contributed by atoms with Crippen molar-refractivity contribution in [3.05, 3.63) is 167 Å². The first-order valence-electron chi connectivity index (χ1n) is 21.2. The van der Waals surface area contributed by atoms with E-state index in [-0.39, 0.29) is 64.3 Å². The molecular formula is C49H35Br4Cl2F14N5O6. The van der Waals surface area contributed by atoms with Crippen LogP contribution in [0.3, 0.4) is 0 Å². The molecule has 2 N–H and O–H groups in total. The van der Waals surface area contributed by atoms with Gasteiger partial charge in [0.2, 0.25) is 0 Å². The van der Waals surface area contributed by atoms with E-state index in [1.807, 2.05) is 0 Å². The Morgan fingerprint density at radius 3 is 1.18 bits per heavy atom. The highest BCUT2D eigenvalue weighted by molar-refractivity contribution is 9.11. The van der Waals surface area contributed by atoms with E-state index in [4.69, 9.17) is 26.8 Å². The van der Waals surface area contributed by atoms with Crippen LogP contribution >= 0.6 is 87.7 Å². The molecule has 2 amide bonds. The van der Waals surface area contributed by atoms with Crippen molar-refractivity contribution in [1.29, 1.82) is 0 Å². The summed E-state index contributed by atoms with van der Waals surface area (Å²) in [4.78, 5) is 58.8. The molecule has 80 heavy (non-hydrogen) atoms. The number of aromatic nitrogens is 2. The minimum Gasteiger partial charge on any atom is -0.496 e. The van der Waals surface area contributed by atoms with Crippen LogP contribution in [-0.4, -0.2) is 85.8 Å². The van der Waals surface area contributed by atoms with Crippen LogP contribution < -0.4 is 25.0 Å². The van der Waals surface area contributed by atoms with Gasteiger partial charge in [0.15, 0.2) is 11.5 Å². The fourth-order valence-corrected chi connectivity index (χ4v) is 10.7. The molecule has 432 valence electrons. The van der Waals surface area contributed by atoms with Crippen LogP contribution in [0.1, 0.15) is 58.1 Å². The molecule has 0 radical (unpaired) electrons. The van der Waals surface area contributed by atoms with E-state index in [1.165, 1.54) is 95.6 Å². The summed E-state index contributed by atoms with van der Waals surface area (Å²) in [7, 11) is 4.95. The first kappa shape index (κ1) is 68.7. The van der Waals surface area contributed by atoms with Crippen molar-refractivity contribution in [1.82, 2.24) is 9.97 Å². The molecule has 0 bridgehead atoms. The van der Waals surface area contributed by atoms with Crippen LogP contribution in [0.4, 0.5) is 78.5 Å². The summed E-state index contributed by atoms with van der Waals surface area (Å²) in [6, 6.07) is 16.1. The zero-order valence-electron chi connectivity index (χ0n) is 40.5. The number of alkyl halides is 14. The van der Waals surface area contributed by atoms with Gasteiger partial charge < -0.3 is 25.0 Å². The van der Waals surface area contributed by atoms with Crippen molar-refractivity contribution < 1.29 is 90.1 Å². The molecule has 0 aliphatic rings. The second-order valence-electron chi connectivity index (χ2n) is 15.9. The Balaban J connectivity index is 0.000000365. The highest BCUT2D eigenvalue weighted by Crippen LogP contribution is 2.56. The number of carbonyl (C=O) groups excluding carboxylic acids is 4. The Bertz CT molecular complexity index is 3140. The number of methoxy groups -OCH3 is 2. The number of amides is 2. The molecule has 0 spiro atoms. The normalized spacial score (nSPS) is 11.9. The number of benzene rings is 4. The van der Waals surface area contributed by atoms with Gasteiger partial charge in [0.1, 0.15) is 5.75 Å². The van der Waals surface area contributed by atoms with Gasteiger partial charge in [0, 0.05) is 91.0 Å². The van der Waals surface area contributed by atoms with E-state index >= 15 is 0 Å². The van der Waals surface area contributed by atoms with Gasteiger partial charge in [0.25, 0.3) is 17.1 Å². The van der Waals surface area contributed by atoms with Gasteiger partial charge in [-0.05, 0) is 142 Å². The van der Waals surface area contributed by atoms with Crippen LogP contribution in [-0.2, 0) is 17.8 Å². The van der Waals surface area contributed by atoms with Crippen LogP contribution in [0.15, 0.2) is 128 Å². The standard InChI is InChI=1S/C25H17Br2F7N2O3.C18H13Br2F7N2O2.C6H4ClNO.ClH/c1-36(20-17(26)11-15(12-18(20)27)23(28,24(29,30)31)25(32,33)34)22(38)16-5-3-4-14(21(16)39-2)10-19(37)13-6-8-35-9-7-13;1-29(15(30)9-4-3-5-12(28)14(9)31-2)13-10(19)6-8(7-11(13)20)16(21,17(22,23)24)18(25,26)27;7-6(9)5-1-3-8-4-2-5;/h3-9,11-12H,10H2,1-2H3;3-7H,28H2,1-2H3;1-4H;1H. The van der Waals surface area contributed by atoms with E-state index in [1.54, 1.807) is 18.2 Å². The number of hydrogen-bond donors (Lipinski definition) is 1. The predicted molar refractivity (Wildman–Crippen MR) is 283 cm³/mol. The maximum atomic E-state index is 14.6. The number of ketones is 1.